The number of carboxylic acids is 1. The molecule has 1 aliphatic rings. The Balaban J connectivity index is 2.60. The highest BCUT2D eigenvalue weighted by Gasteiger charge is 2.32. The fraction of sp³-hybridized carbons (Fsp3) is 0.769. The molecule has 0 aromatic heterocycles. The molecular formula is C13H22N2O4. The second-order valence-electron chi connectivity index (χ2n) is 6.06. The molecule has 1 saturated heterocycles. The van der Waals surface area contributed by atoms with Crippen LogP contribution in [-0.2, 0) is 14.4 Å². The molecule has 0 saturated carbocycles. The van der Waals surface area contributed by atoms with Crippen molar-refractivity contribution < 1.29 is 19.5 Å². The van der Waals surface area contributed by atoms with Crippen molar-refractivity contribution in [3.05, 3.63) is 0 Å². The number of aliphatic carboxylic acids is 1. The zero-order valence-electron chi connectivity index (χ0n) is 11.7. The SMILES string of the molecule is CC(C)(C)C(CC(=O)O)NC(=O)C1CCC(=O)NC1. The van der Waals surface area contributed by atoms with E-state index in [1.807, 2.05) is 20.8 Å². The molecule has 0 spiro atoms. The first-order chi connectivity index (χ1) is 8.70. The molecule has 1 aliphatic heterocycles. The summed E-state index contributed by atoms with van der Waals surface area (Å²) < 4.78 is 0. The van der Waals surface area contributed by atoms with E-state index >= 15 is 0 Å². The van der Waals surface area contributed by atoms with Crippen LogP contribution in [0.3, 0.4) is 0 Å². The van der Waals surface area contributed by atoms with Crippen molar-refractivity contribution in [3.8, 4) is 0 Å². The average Bonchev–Trinajstić information content (AvgIpc) is 2.27. The first kappa shape index (κ1) is 15.5. The molecule has 6 nitrogen and oxygen atoms in total. The van der Waals surface area contributed by atoms with Gasteiger partial charge in [-0.05, 0) is 11.8 Å². The van der Waals surface area contributed by atoms with Crippen molar-refractivity contribution in [1.82, 2.24) is 10.6 Å². The number of rotatable bonds is 4. The van der Waals surface area contributed by atoms with Crippen LogP contribution in [0.1, 0.15) is 40.0 Å². The van der Waals surface area contributed by atoms with Crippen LogP contribution in [0, 0.1) is 11.3 Å². The van der Waals surface area contributed by atoms with E-state index in [2.05, 4.69) is 10.6 Å². The summed E-state index contributed by atoms with van der Waals surface area (Å²) >= 11 is 0. The highest BCUT2D eigenvalue weighted by molar-refractivity contribution is 5.84. The van der Waals surface area contributed by atoms with E-state index in [4.69, 9.17) is 5.11 Å². The molecule has 2 amide bonds. The van der Waals surface area contributed by atoms with Gasteiger partial charge in [0, 0.05) is 19.0 Å². The van der Waals surface area contributed by atoms with Crippen molar-refractivity contribution in [3.63, 3.8) is 0 Å². The Morgan fingerprint density at radius 3 is 2.53 bits per heavy atom. The summed E-state index contributed by atoms with van der Waals surface area (Å²) in [5.41, 5.74) is -0.327. The monoisotopic (exact) mass is 270 g/mol. The molecule has 1 heterocycles. The van der Waals surface area contributed by atoms with E-state index < -0.39 is 12.0 Å². The fourth-order valence-electron chi connectivity index (χ4n) is 1.99. The zero-order chi connectivity index (χ0) is 14.6. The predicted octanol–water partition coefficient (Wildman–Crippen LogP) is 0.518. The number of nitrogens with one attached hydrogen (secondary N) is 2. The van der Waals surface area contributed by atoms with Gasteiger partial charge in [-0.25, -0.2) is 0 Å². The minimum absolute atomic E-state index is 0.0399. The lowest BCUT2D eigenvalue weighted by atomic mass is 9.84. The fourth-order valence-corrected chi connectivity index (χ4v) is 1.99. The maximum atomic E-state index is 12.1. The van der Waals surface area contributed by atoms with Crippen LogP contribution in [0.5, 0.6) is 0 Å². The second-order valence-corrected chi connectivity index (χ2v) is 6.06. The third-order valence-electron chi connectivity index (χ3n) is 3.38. The van der Waals surface area contributed by atoms with Gasteiger partial charge >= 0.3 is 5.97 Å². The number of amides is 2. The topological polar surface area (TPSA) is 95.5 Å². The Morgan fingerprint density at radius 1 is 1.47 bits per heavy atom. The molecule has 108 valence electrons. The van der Waals surface area contributed by atoms with Crippen molar-refractivity contribution in [2.75, 3.05) is 6.54 Å². The van der Waals surface area contributed by atoms with E-state index in [1.165, 1.54) is 0 Å². The Hall–Kier alpha value is -1.59. The molecule has 3 N–H and O–H groups in total. The van der Waals surface area contributed by atoms with E-state index in [-0.39, 0.29) is 29.6 Å². The number of hydrogen-bond donors (Lipinski definition) is 3. The van der Waals surface area contributed by atoms with E-state index in [9.17, 15) is 14.4 Å². The first-order valence-electron chi connectivity index (χ1n) is 6.49. The van der Waals surface area contributed by atoms with Gasteiger partial charge in [-0.15, -0.1) is 0 Å². The van der Waals surface area contributed by atoms with Crippen molar-refractivity contribution in [1.29, 1.82) is 0 Å². The molecule has 0 aromatic carbocycles. The summed E-state index contributed by atoms with van der Waals surface area (Å²) in [6.45, 7) is 6.01. The molecule has 1 rings (SSSR count). The Morgan fingerprint density at radius 2 is 2.11 bits per heavy atom. The molecule has 2 atom stereocenters. The normalized spacial score (nSPS) is 21.4. The van der Waals surface area contributed by atoms with E-state index in [1.54, 1.807) is 0 Å². The van der Waals surface area contributed by atoms with Crippen LogP contribution in [0.25, 0.3) is 0 Å². The summed E-state index contributed by atoms with van der Waals surface area (Å²) in [5, 5.41) is 14.3. The van der Waals surface area contributed by atoms with Crippen molar-refractivity contribution >= 4 is 17.8 Å². The summed E-state index contributed by atoms with van der Waals surface area (Å²) in [6.07, 6.45) is 0.757. The maximum Gasteiger partial charge on any atom is 0.305 e. The number of carbonyl (C=O) groups excluding carboxylic acids is 2. The summed E-state index contributed by atoms with van der Waals surface area (Å²) in [7, 11) is 0. The molecular weight excluding hydrogens is 248 g/mol. The summed E-state index contributed by atoms with van der Waals surface area (Å²) in [4.78, 5) is 34.0. The molecule has 19 heavy (non-hydrogen) atoms. The van der Waals surface area contributed by atoms with Gasteiger partial charge in [-0.1, -0.05) is 20.8 Å². The van der Waals surface area contributed by atoms with Crippen LogP contribution in [-0.4, -0.2) is 35.5 Å². The van der Waals surface area contributed by atoms with Crippen molar-refractivity contribution in [2.24, 2.45) is 11.3 Å². The molecule has 0 bridgehead atoms. The molecule has 0 aromatic rings. The molecule has 6 heteroatoms. The summed E-state index contributed by atoms with van der Waals surface area (Å²) in [6, 6.07) is -0.421. The summed E-state index contributed by atoms with van der Waals surface area (Å²) in [5.74, 6) is -1.42. The van der Waals surface area contributed by atoms with Gasteiger partial charge in [0.15, 0.2) is 0 Å². The third-order valence-corrected chi connectivity index (χ3v) is 3.38. The molecule has 2 unspecified atom stereocenters. The largest absolute Gasteiger partial charge is 0.481 e. The predicted molar refractivity (Wildman–Crippen MR) is 69.4 cm³/mol. The second kappa shape index (κ2) is 6.04. The van der Waals surface area contributed by atoms with Crippen LogP contribution in [0.2, 0.25) is 0 Å². The van der Waals surface area contributed by atoms with Crippen LogP contribution in [0.4, 0.5) is 0 Å². The number of hydrogen-bond acceptors (Lipinski definition) is 3. The number of carboxylic acid groups (broad SMARTS) is 1. The standard InChI is InChI=1S/C13H22N2O4/c1-13(2,3)9(6-11(17)18)15-12(19)8-4-5-10(16)14-7-8/h8-9H,4-7H2,1-3H3,(H,14,16)(H,15,19)(H,17,18). The quantitative estimate of drug-likeness (QED) is 0.694. The Kier molecular flexibility index (Phi) is 4.91. The van der Waals surface area contributed by atoms with Crippen molar-refractivity contribution in [2.45, 2.75) is 46.1 Å². The highest BCUT2D eigenvalue weighted by Crippen LogP contribution is 2.23. The van der Waals surface area contributed by atoms with Gasteiger partial charge in [-0.2, -0.15) is 0 Å². The Labute approximate surface area is 112 Å². The number of piperidine rings is 1. The number of carbonyl (C=O) groups is 3. The van der Waals surface area contributed by atoms with Gasteiger partial charge < -0.3 is 15.7 Å². The lowest BCUT2D eigenvalue weighted by molar-refractivity contribution is -0.138. The van der Waals surface area contributed by atoms with Gasteiger partial charge in [-0.3, -0.25) is 14.4 Å². The smallest absolute Gasteiger partial charge is 0.305 e. The lowest BCUT2D eigenvalue weighted by Crippen LogP contribution is -2.50. The maximum absolute atomic E-state index is 12.1. The minimum Gasteiger partial charge on any atom is -0.481 e. The van der Waals surface area contributed by atoms with E-state index in [0.29, 0.717) is 19.4 Å². The van der Waals surface area contributed by atoms with Crippen LogP contribution < -0.4 is 10.6 Å². The average molecular weight is 270 g/mol. The zero-order valence-corrected chi connectivity index (χ0v) is 11.7. The Bertz CT molecular complexity index is 363. The van der Waals surface area contributed by atoms with Gasteiger partial charge in [0.1, 0.15) is 0 Å². The minimum atomic E-state index is -0.933. The van der Waals surface area contributed by atoms with Crippen LogP contribution in [0.15, 0.2) is 0 Å². The van der Waals surface area contributed by atoms with Gasteiger partial charge in [0.25, 0.3) is 0 Å². The molecule has 0 radical (unpaired) electrons. The lowest BCUT2D eigenvalue weighted by Gasteiger charge is -2.32. The van der Waals surface area contributed by atoms with Crippen LogP contribution >= 0.6 is 0 Å². The molecule has 1 fully saturated rings. The molecule has 0 aliphatic carbocycles. The third kappa shape index (κ3) is 4.89. The van der Waals surface area contributed by atoms with E-state index in [0.717, 1.165) is 0 Å². The van der Waals surface area contributed by atoms with Gasteiger partial charge in [0.05, 0.1) is 12.3 Å². The van der Waals surface area contributed by atoms with Gasteiger partial charge in [0.2, 0.25) is 11.8 Å². The highest BCUT2D eigenvalue weighted by atomic mass is 16.4. The first-order valence-corrected chi connectivity index (χ1v) is 6.49.